The number of fused-ring (bicyclic) bond motifs is 1. The molecule has 0 atom stereocenters. The van der Waals surface area contributed by atoms with E-state index in [0.29, 0.717) is 0 Å². The molecule has 1 heterocycles. The maximum Gasteiger partial charge on any atom is 0.416 e. The number of halogens is 3. The van der Waals surface area contributed by atoms with Crippen molar-refractivity contribution in [3.05, 3.63) is 87.5 Å². The standard InChI is InChI=1S/C23H16F3N3O6/c24-23(25,26)14-4-2-6-16(10-14)27-21(30)13-3-1-5-15(9-13)28-22(31)17-11-19-20(35-8-7-34-19)12-18(17)29(32)33/h1-6,9-12H,7-8H2,(H,27,30)(H,28,31). The summed E-state index contributed by atoms with van der Waals surface area (Å²) in [5.74, 6) is -1.22. The number of benzene rings is 3. The van der Waals surface area contributed by atoms with Gasteiger partial charge < -0.3 is 20.1 Å². The number of anilines is 2. The highest BCUT2D eigenvalue weighted by Crippen LogP contribution is 2.37. The van der Waals surface area contributed by atoms with Crippen molar-refractivity contribution in [2.75, 3.05) is 23.8 Å². The molecule has 0 aromatic heterocycles. The number of rotatable bonds is 5. The molecular weight excluding hydrogens is 471 g/mol. The highest BCUT2D eigenvalue weighted by Gasteiger charge is 2.30. The van der Waals surface area contributed by atoms with Gasteiger partial charge in [-0.2, -0.15) is 13.2 Å². The zero-order chi connectivity index (χ0) is 25.2. The molecule has 35 heavy (non-hydrogen) atoms. The van der Waals surface area contributed by atoms with Crippen LogP contribution in [0.1, 0.15) is 26.3 Å². The first-order valence-electron chi connectivity index (χ1n) is 10.1. The van der Waals surface area contributed by atoms with E-state index in [2.05, 4.69) is 10.6 Å². The van der Waals surface area contributed by atoms with Crippen LogP contribution >= 0.6 is 0 Å². The lowest BCUT2D eigenvalue weighted by Crippen LogP contribution is -2.19. The fourth-order valence-corrected chi connectivity index (χ4v) is 3.32. The number of nitro groups is 1. The van der Waals surface area contributed by atoms with Crippen LogP contribution in [0.4, 0.5) is 30.2 Å². The van der Waals surface area contributed by atoms with E-state index >= 15 is 0 Å². The number of hydrogen-bond donors (Lipinski definition) is 2. The summed E-state index contributed by atoms with van der Waals surface area (Å²) in [7, 11) is 0. The third kappa shape index (κ3) is 5.32. The van der Waals surface area contributed by atoms with Crippen LogP contribution in [-0.2, 0) is 6.18 Å². The molecule has 12 heteroatoms. The molecule has 9 nitrogen and oxygen atoms in total. The fourth-order valence-electron chi connectivity index (χ4n) is 3.32. The Balaban J connectivity index is 1.54. The first-order valence-corrected chi connectivity index (χ1v) is 10.1. The Morgan fingerprint density at radius 2 is 1.46 bits per heavy atom. The van der Waals surface area contributed by atoms with Gasteiger partial charge in [-0.1, -0.05) is 12.1 Å². The molecule has 0 unspecified atom stereocenters. The van der Waals surface area contributed by atoms with Crippen LogP contribution in [0, 0.1) is 10.1 Å². The minimum Gasteiger partial charge on any atom is -0.486 e. The van der Waals surface area contributed by atoms with E-state index in [0.717, 1.165) is 24.3 Å². The van der Waals surface area contributed by atoms with Gasteiger partial charge in [-0.15, -0.1) is 0 Å². The molecule has 1 aliphatic heterocycles. The van der Waals surface area contributed by atoms with Gasteiger partial charge in [0.15, 0.2) is 11.5 Å². The Morgan fingerprint density at radius 3 is 2.11 bits per heavy atom. The van der Waals surface area contributed by atoms with Crippen LogP contribution in [0.25, 0.3) is 0 Å². The Bertz CT molecular complexity index is 1330. The number of nitrogens with one attached hydrogen (secondary N) is 2. The molecule has 1 aliphatic rings. The third-order valence-electron chi connectivity index (χ3n) is 4.93. The van der Waals surface area contributed by atoms with E-state index in [1.165, 1.54) is 36.4 Å². The van der Waals surface area contributed by atoms with Gasteiger partial charge in [0.2, 0.25) is 0 Å². The Hall–Kier alpha value is -4.61. The van der Waals surface area contributed by atoms with Crippen molar-refractivity contribution in [1.82, 2.24) is 0 Å². The van der Waals surface area contributed by atoms with Crippen LogP contribution in [0.15, 0.2) is 60.7 Å². The van der Waals surface area contributed by atoms with E-state index in [1.54, 1.807) is 0 Å². The predicted molar refractivity (Wildman–Crippen MR) is 118 cm³/mol. The van der Waals surface area contributed by atoms with Crippen molar-refractivity contribution in [2.24, 2.45) is 0 Å². The smallest absolute Gasteiger partial charge is 0.416 e. The van der Waals surface area contributed by atoms with E-state index in [9.17, 15) is 32.9 Å². The number of alkyl halides is 3. The third-order valence-corrected chi connectivity index (χ3v) is 4.93. The normalized spacial score (nSPS) is 12.5. The minimum absolute atomic E-state index is 0.0388. The molecule has 0 fully saturated rings. The topological polar surface area (TPSA) is 120 Å². The number of carbonyl (C=O) groups excluding carboxylic acids is 2. The highest BCUT2D eigenvalue weighted by molar-refractivity contribution is 6.09. The van der Waals surface area contributed by atoms with Gasteiger partial charge in [0, 0.05) is 23.0 Å². The lowest BCUT2D eigenvalue weighted by molar-refractivity contribution is -0.385. The van der Waals surface area contributed by atoms with Crippen molar-refractivity contribution >= 4 is 28.9 Å². The summed E-state index contributed by atoms with van der Waals surface area (Å²) < 4.78 is 49.4. The van der Waals surface area contributed by atoms with Gasteiger partial charge in [0.1, 0.15) is 18.8 Å². The summed E-state index contributed by atoms with van der Waals surface area (Å²) in [6.45, 7) is 0.431. The van der Waals surface area contributed by atoms with Crippen molar-refractivity contribution in [3.63, 3.8) is 0 Å². The number of ether oxygens (including phenoxy) is 2. The fraction of sp³-hybridized carbons (Fsp3) is 0.130. The summed E-state index contributed by atoms with van der Waals surface area (Å²) in [5.41, 5.74) is -1.58. The van der Waals surface area contributed by atoms with E-state index < -0.39 is 34.2 Å². The largest absolute Gasteiger partial charge is 0.486 e. The van der Waals surface area contributed by atoms with Gasteiger partial charge >= 0.3 is 6.18 Å². The quantitative estimate of drug-likeness (QED) is 0.391. The van der Waals surface area contributed by atoms with Crippen molar-refractivity contribution in [3.8, 4) is 11.5 Å². The van der Waals surface area contributed by atoms with Crippen LogP contribution < -0.4 is 20.1 Å². The van der Waals surface area contributed by atoms with Crippen LogP contribution in [0.5, 0.6) is 11.5 Å². The van der Waals surface area contributed by atoms with Crippen molar-refractivity contribution < 1.29 is 37.2 Å². The van der Waals surface area contributed by atoms with E-state index in [4.69, 9.17) is 9.47 Å². The SMILES string of the molecule is O=C(Nc1cccc(C(F)(F)F)c1)c1cccc(NC(=O)c2cc3c(cc2[N+](=O)[O-])OCCO3)c1. The summed E-state index contributed by atoms with van der Waals surface area (Å²) in [6, 6.07) is 12.0. The highest BCUT2D eigenvalue weighted by atomic mass is 19.4. The van der Waals surface area contributed by atoms with Crippen LogP contribution in [0.2, 0.25) is 0 Å². The molecule has 0 saturated carbocycles. The molecule has 0 spiro atoms. The molecule has 0 bridgehead atoms. The average Bonchev–Trinajstić information content (AvgIpc) is 2.83. The number of nitrogens with zero attached hydrogens (tertiary/aromatic N) is 1. The second-order valence-corrected chi connectivity index (χ2v) is 7.34. The summed E-state index contributed by atoms with van der Waals surface area (Å²) in [6.07, 6.45) is -4.57. The Labute approximate surface area is 195 Å². The molecule has 4 rings (SSSR count). The second-order valence-electron chi connectivity index (χ2n) is 7.34. The van der Waals surface area contributed by atoms with Gasteiger partial charge in [-0.05, 0) is 36.4 Å². The molecule has 2 N–H and O–H groups in total. The second kappa shape index (κ2) is 9.33. The number of nitro benzene ring substituents is 1. The maximum atomic E-state index is 12.9. The van der Waals surface area contributed by atoms with Gasteiger partial charge in [-0.3, -0.25) is 19.7 Å². The van der Waals surface area contributed by atoms with Gasteiger partial charge in [-0.25, -0.2) is 0 Å². The molecule has 0 radical (unpaired) electrons. The maximum absolute atomic E-state index is 12.9. The molecule has 180 valence electrons. The van der Waals surface area contributed by atoms with E-state index in [-0.39, 0.29) is 47.2 Å². The Morgan fingerprint density at radius 1 is 0.857 bits per heavy atom. The van der Waals surface area contributed by atoms with Crippen LogP contribution in [0.3, 0.4) is 0 Å². The summed E-state index contributed by atoms with van der Waals surface area (Å²) >= 11 is 0. The number of carbonyl (C=O) groups is 2. The molecule has 3 aromatic rings. The average molecular weight is 487 g/mol. The molecular formula is C23H16F3N3O6. The lowest BCUT2D eigenvalue weighted by atomic mass is 10.1. The summed E-state index contributed by atoms with van der Waals surface area (Å²) in [5, 5.41) is 16.3. The zero-order valence-corrected chi connectivity index (χ0v) is 17.7. The molecule has 0 aliphatic carbocycles. The minimum atomic E-state index is -4.57. The predicted octanol–water partition coefficient (Wildman–Crippen LogP) is 4.89. The Kier molecular flexibility index (Phi) is 6.28. The van der Waals surface area contributed by atoms with Gasteiger partial charge in [0.25, 0.3) is 17.5 Å². The number of hydrogen-bond acceptors (Lipinski definition) is 6. The first kappa shape index (κ1) is 23.5. The zero-order valence-electron chi connectivity index (χ0n) is 17.7. The van der Waals surface area contributed by atoms with E-state index in [1.807, 2.05) is 0 Å². The number of amides is 2. The van der Waals surface area contributed by atoms with Crippen molar-refractivity contribution in [2.45, 2.75) is 6.18 Å². The first-order chi connectivity index (χ1) is 16.6. The monoisotopic (exact) mass is 487 g/mol. The van der Waals surface area contributed by atoms with Gasteiger partial charge in [0.05, 0.1) is 16.6 Å². The van der Waals surface area contributed by atoms with Crippen molar-refractivity contribution in [1.29, 1.82) is 0 Å². The molecule has 0 saturated heterocycles. The van der Waals surface area contributed by atoms with Crippen LogP contribution in [-0.4, -0.2) is 30.0 Å². The summed E-state index contributed by atoms with van der Waals surface area (Å²) in [4.78, 5) is 36.1. The lowest BCUT2D eigenvalue weighted by Gasteiger charge is -2.19. The molecule has 3 aromatic carbocycles. The molecule has 2 amide bonds.